The van der Waals surface area contributed by atoms with E-state index < -0.39 is 20.8 Å². The summed E-state index contributed by atoms with van der Waals surface area (Å²) in [5.74, 6) is -1.20. The van der Waals surface area contributed by atoms with Gasteiger partial charge >= 0.3 is 11.0 Å². The summed E-state index contributed by atoms with van der Waals surface area (Å²) in [6, 6.07) is 0. The molecule has 0 heterocycles. The third kappa shape index (κ3) is 2.10. The third-order valence-corrected chi connectivity index (χ3v) is 2.75. The molecule has 0 aromatic carbocycles. The Kier molecular flexibility index (Phi) is 3.50. The van der Waals surface area contributed by atoms with Crippen molar-refractivity contribution in [1.82, 2.24) is 0 Å². The maximum Gasteiger partial charge on any atom is 0.553 e. The van der Waals surface area contributed by atoms with Gasteiger partial charge in [-0.15, -0.1) is 0 Å². The molecular weight excluding hydrogens is 184 g/mol. The molecule has 0 bridgehead atoms. The minimum Gasteiger partial charge on any atom is -0.475 e. The van der Waals surface area contributed by atoms with Crippen LogP contribution in [0.5, 0.6) is 0 Å². The number of hydrogen-bond acceptors (Lipinski definition) is 5. The lowest BCUT2D eigenvalue weighted by Crippen LogP contribution is -2.07. The van der Waals surface area contributed by atoms with Crippen molar-refractivity contribution in [2.75, 3.05) is 12.9 Å². The maximum absolute atomic E-state index is 11.0. The smallest absolute Gasteiger partial charge is 0.475 e. The molecule has 0 aliphatic carbocycles. The van der Waals surface area contributed by atoms with Gasteiger partial charge in [0.2, 0.25) is 5.39 Å². The molecule has 0 aliphatic heterocycles. The third-order valence-electron chi connectivity index (χ3n) is 1.14. The molecule has 0 atom stereocenters. The Balaban J connectivity index is 5.26. The predicted molar refractivity (Wildman–Crippen MR) is 41.2 cm³/mol. The van der Waals surface area contributed by atoms with Crippen LogP contribution in [0.2, 0.25) is 0 Å². The molecule has 0 unspecified atom stereocenters. The summed E-state index contributed by atoms with van der Waals surface area (Å²) in [7, 11) is -2.67. The first-order valence-electron chi connectivity index (χ1n) is 3.04. The van der Waals surface area contributed by atoms with Crippen LogP contribution in [0.4, 0.5) is 0 Å². The van der Waals surface area contributed by atoms with E-state index in [0.717, 1.165) is 7.11 Å². The van der Waals surface area contributed by atoms with E-state index in [0.29, 0.717) is 0 Å². The lowest BCUT2D eigenvalue weighted by atomic mass is 10.9. The Labute approximate surface area is 70.0 Å². The van der Waals surface area contributed by atoms with E-state index in [4.69, 9.17) is 10.5 Å². The largest absolute Gasteiger partial charge is 0.553 e. The Bertz CT molecular complexity index is 324. The Morgan fingerprint density at radius 1 is 1.67 bits per heavy atom. The number of methoxy groups -OCH3 is 1. The zero-order valence-corrected chi connectivity index (χ0v) is 7.50. The van der Waals surface area contributed by atoms with Gasteiger partial charge in [0.25, 0.3) is 9.84 Å². The Hall–Kier alpha value is -1.29. The van der Waals surface area contributed by atoms with Crippen LogP contribution in [-0.2, 0) is 14.6 Å². The lowest BCUT2D eigenvalue weighted by molar-refractivity contribution is 0.134. The molecule has 0 fully saturated rings. The number of nitrogens with zero attached hydrogens (tertiary/aromatic N) is 2. The minimum atomic E-state index is -3.73. The average Bonchev–Trinajstić information content (AvgIpc) is 2.05. The molecule has 0 saturated heterocycles. The summed E-state index contributed by atoms with van der Waals surface area (Å²) in [5, 5.41) is 16.2. The number of sulfone groups is 1. The van der Waals surface area contributed by atoms with E-state index in [1.54, 1.807) is 0 Å². The topological polar surface area (TPSA) is 91.8 Å². The van der Waals surface area contributed by atoms with Crippen molar-refractivity contribution >= 4 is 9.84 Å². The van der Waals surface area contributed by atoms with Gasteiger partial charge in [0.1, 0.15) is 0 Å². The van der Waals surface area contributed by atoms with E-state index >= 15 is 0 Å². The average molecular weight is 193 g/mol. The van der Waals surface area contributed by atoms with Crippen molar-refractivity contribution in [2.24, 2.45) is 0 Å². The van der Waals surface area contributed by atoms with Crippen LogP contribution in [-0.4, -0.2) is 26.4 Å². The summed E-state index contributed by atoms with van der Waals surface area (Å²) in [6.45, 7) is 1.35. The van der Waals surface area contributed by atoms with Crippen LogP contribution in [0.1, 0.15) is 6.92 Å². The van der Waals surface area contributed by atoms with Crippen molar-refractivity contribution in [2.45, 2.75) is 6.92 Å². The molecule has 0 rings (SSSR count). The van der Waals surface area contributed by atoms with E-state index in [9.17, 15) is 8.42 Å². The van der Waals surface area contributed by atoms with Gasteiger partial charge in [0.15, 0.2) is 4.98 Å². The van der Waals surface area contributed by atoms with Crippen LogP contribution in [0.3, 0.4) is 0 Å². The molecule has 0 aromatic rings. The van der Waals surface area contributed by atoms with Crippen molar-refractivity contribution < 1.29 is 18.3 Å². The number of diazo groups is 1. The summed E-state index contributed by atoms with van der Waals surface area (Å²) < 4.78 is 26.2. The number of aliphatic hydroxyl groups is 1. The van der Waals surface area contributed by atoms with Crippen LogP contribution in [0.25, 0.3) is 4.98 Å². The predicted octanol–water partition coefficient (Wildman–Crippen LogP) is 0.605. The highest BCUT2D eigenvalue weighted by Crippen LogP contribution is 2.13. The second-order valence-electron chi connectivity index (χ2n) is 1.82. The van der Waals surface area contributed by atoms with E-state index in [2.05, 4.69) is 9.71 Å². The van der Waals surface area contributed by atoms with Gasteiger partial charge in [-0.1, -0.05) is 6.92 Å². The summed E-state index contributed by atoms with van der Waals surface area (Å²) in [6.07, 6.45) is 0. The molecule has 12 heavy (non-hydrogen) atoms. The second kappa shape index (κ2) is 3.92. The van der Waals surface area contributed by atoms with Crippen LogP contribution >= 0.6 is 0 Å². The fourth-order valence-corrected chi connectivity index (χ4v) is 1.21. The normalized spacial score (nSPS) is 13.1. The highest BCUT2D eigenvalue weighted by molar-refractivity contribution is 7.95. The zero-order valence-electron chi connectivity index (χ0n) is 6.68. The van der Waals surface area contributed by atoms with Crippen molar-refractivity contribution in [3.05, 3.63) is 16.0 Å². The Morgan fingerprint density at radius 3 is 2.42 bits per heavy atom. The molecule has 0 spiro atoms. The first kappa shape index (κ1) is 10.7. The van der Waals surface area contributed by atoms with Crippen molar-refractivity contribution in [1.29, 1.82) is 5.39 Å². The molecule has 0 aromatic heterocycles. The standard InChI is InChI=1S/C5H8N2O4S/c1-3-12(9,10)4(7-6)5(8)11-2/h3H2,1-2H3/p+1/b5-4-. The second-order valence-corrected chi connectivity index (χ2v) is 4.01. The Morgan fingerprint density at radius 2 is 2.17 bits per heavy atom. The first-order valence-corrected chi connectivity index (χ1v) is 4.70. The monoisotopic (exact) mass is 193 g/mol. The maximum atomic E-state index is 11.0. The number of ether oxygens (including phenoxy) is 1. The summed E-state index contributed by atoms with van der Waals surface area (Å²) >= 11 is 0. The quantitative estimate of drug-likeness (QED) is 0.523. The molecule has 0 saturated carbocycles. The van der Waals surface area contributed by atoms with E-state index in [-0.39, 0.29) is 5.75 Å². The minimum absolute atomic E-state index is 0.278. The molecule has 6 nitrogen and oxygen atoms in total. The molecule has 7 heteroatoms. The van der Waals surface area contributed by atoms with Crippen LogP contribution in [0.15, 0.2) is 11.0 Å². The van der Waals surface area contributed by atoms with Crippen LogP contribution in [0, 0.1) is 5.39 Å². The van der Waals surface area contributed by atoms with Crippen molar-refractivity contribution in [3.8, 4) is 0 Å². The first-order chi connectivity index (χ1) is 5.49. The van der Waals surface area contributed by atoms with Gasteiger partial charge in [0.05, 0.1) is 12.9 Å². The number of hydrogen-bond donors (Lipinski definition) is 1. The van der Waals surface area contributed by atoms with E-state index in [1.807, 2.05) is 0 Å². The SMILES string of the molecule is CCS(=O)(=O)/C([N+]#N)=C(/O)OC. The molecule has 0 aliphatic rings. The van der Waals surface area contributed by atoms with Gasteiger partial charge in [0, 0.05) is 0 Å². The van der Waals surface area contributed by atoms with Gasteiger partial charge in [-0.05, 0) is 0 Å². The van der Waals surface area contributed by atoms with Gasteiger partial charge in [-0.25, -0.2) is 8.42 Å². The lowest BCUT2D eigenvalue weighted by Gasteiger charge is -1.92. The highest BCUT2D eigenvalue weighted by Gasteiger charge is 2.35. The van der Waals surface area contributed by atoms with Gasteiger partial charge < -0.3 is 9.84 Å². The fraction of sp³-hybridized carbons (Fsp3) is 0.600. The molecule has 0 amide bonds. The summed E-state index contributed by atoms with van der Waals surface area (Å²) in [4.78, 5) is 2.42. The number of aliphatic hydroxyl groups excluding tert-OH is 1. The molecule has 68 valence electrons. The molecule has 0 radical (unpaired) electrons. The van der Waals surface area contributed by atoms with Gasteiger partial charge in [-0.3, -0.25) is 0 Å². The van der Waals surface area contributed by atoms with Crippen LogP contribution < -0.4 is 0 Å². The van der Waals surface area contributed by atoms with Crippen molar-refractivity contribution in [3.63, 3.8) is 0 Å². The molecule has 1 N–H and O–H groups in total. The number of rotatable bonds is 3. The highest BCUT2D eigenvalue weighted by atomic mass is 32.2. The zero-order chi connectivity index (χ0) is 9.78. The van der Waals surface area contributed by atoms with E-state index in [1.165, 1.54) is 6.92 Å². The molecular formula is C5H9N2O4S+. The van der Waals surface area contributed by atoms with Gasteiger partial charge in [-0.2, -0.15) is 0 Å². The fourth-order valence-electron chi connectivity index (χ4n) is 0.462. The summed E-state index contributed by atoms with van der Waals surface area (Å²) in [5.41, 5.74) is 0.